The van der Waals surface area contributed by atoms with Gasteiger partial charge in [-0.2, -0.15) is 0 Å². The van der Waals surface area contributed by atoms with Gasteiger partial charge < -0.3 is 10.2 Å². The van der Waals surface area contributed by atoms with E-state index in [4.69, 9.17) is 11.6 Å². The number of carbonyl (C=O) groups excluding carboxylic acids is 2. The molecule has 0 aliphatic carbocycles. The van der Waals surface area contributed by atoms with E-state index in [1.54, 1.807) is 22.9 Å². The highest BCUT2D eigenvalue weighted by molar-refractivity contribution is 6.33. The number of hydrogen-bond acceptors (Lipinski definition) is 3. The number of para-hydroxylation sites is 2. The van der Waals surface area contributed by atoms with Crippen LogP contribution in [0.15, 0.2) is 54.6 Å². The Bertz CT molecular complexity index is 766. The van der Waals surface area contributed by atoms with Crippen LogP contribution in [0.2, 0.25) is 5.02 Å². The van der Waals surface area contributed by atoms with Gasteiger partial charge in [-0.05, 0) is 37.7 Å². The summed E-state index contributed by atoms with van der Waals surface area (Å²) in [5.41, 5.74) is 1.47. The van der Waals surface area contributed by atoms with Crippen molar-refractivity contribution < 1.29 is 9.59 Å². The molecule has 5 nitrogen and oxygen atoms in total. The molecule has 3 rings (SSSR count). The molecule has 0 unspecified atom stereocenters. The zero-order chi connectivity index (χ0) is 17.8. The van der Waals surface area contributed by atoms with Crippen LogP contribution in [0, 0.1) is 0 Å². The van der Waals surface area contributed by atoms with Gasteiger partial charge in [0.15, 0.2) is 0 Å². The Morgan fingerprint density at radius 2 is 1.88 bits per heavy atom. The first kappa shape index (κ1) is 17.5. The lowest BCUT2D eigenvalue weighted by molar-refractivity contribution is -0.123. The highest BCUT2D eigenvalue weighted by Crippen LogP contribution is 2.30. The van der Waals surface area contributed by atoms with Gasteiger partial charge in [0.1, 0.15) is 0 Å². The highest BCUT2D eigenvalue weighted by Gasteiger charge is 2.36. The minimum absolute atomic E-state index is 0.0249. The molecule has 6 heteroatoms. The SMILES string of the molecule is CN(CC(=O)Nc1ccccc1)[C@@H]1CCN(c2ccccc2Cl)C1=O. The smallest absolute Gasteiger partial charge is 0.244 e. The Kier molecular flexibility index (Phi) is 5.36. The van der Waals surface area contributed by atoms with E-state index in [0.717, 1.165) is 11.4 Å². The molecule has 0 saturated carbocycles. The lowest BCUT2D eigenvalue weighted by Gasteiger charge is -2.23. The average Bonchev–Trinajstić information content (AvgIpc) is 2.97. The first-order chi connectivity index (χ1) is 12.1. The topological polar surface area (TPSA) is 52.7 Å². The summed E-state index contributed by atoms with van der Waals surface area (Å²) in [6, 6.07) is 16.3. The molecule has 0 spiro atoms. The van der Waals surface area contributed by atoms with Crippen LogP contribution in [-0.4, -0.2) is 42.9 Å². The summed E-state index contributed by atoms with van der Waals surface area (Å²) in [7, 11) is 1.79. The molecule has 2 aromatic carbocycles. The highest BCUT2D eigenvalue weighted by atomic mass is 35.5. The van der Waals surface area contributed by atoms with Crippen molar-refractivity contribution in [3.8, 4) is 0 Å². The van der Waals surface area contributed by atoms with Gasteiger partial charge in [0.2, 0.25) is 11.8 Å². The fraction of sp³-hybridized carbons (Fsp3) is 0.263. The van der Waals surface area contributed by atoms with E-state index < -0.39 is 0 Å². The minimum atomic E-state index is -0.321. The Morgan fingerprint density at radius 3 is 2.60 bits per heavy atom. The maximum absolute atomic E-state index is 12.7. The monoisotopic (exact) mass is 357 g/mol. The molecule has 1 N–H and O–H groups in total. The second kappa shape index (κ2) is 7.68. The van der Waals surface area contributed by atoms with Crippen molar-refractivity contribution >= 4 is 34.8 Å². The summed E-state index contributed by atoms with van der Waals surface area (Å²) in [5.74, 6) is -0.166. The lowest BCUT2D eigenvalue weighted by atomic mass is 10.2. The largest absolute Gasteiger partial charge is 0.325 e. The number of nitrogens with zero attached hydrogens (tertiary/aromatic N) is 2. The van der Waals surface area contributed by atoms with Crippen LogP contribution in [0.1, 0.15) is 6.42 Å². The maximum atomic E-state index is 12.7. The van der Waals surface area contributed by atoms with Crippen LogP contribution in [0.5, 0.6) is 0 Å². The van der Waals surface area contributed by atoms with Crippen LogP contribution in [-0.2, 0) is 9.59 Å². The number of anilines is 2. The Labute approximate surface area is 152 Å². The number of hydrogen-bond donors (Lipinski definition) is 1. The minimum Gasteiger partial charge on any atom is -0.325 e. The average molecular weight is 358 g/mol. The number of amides is 2. The van der Waals surface area contributed by atoms with Crippen LogP contribution in [0.3, 0.4) is 0 Å². The van der Waals surface area contributed by atoms with Gasteiger partial charge in [-0.3, -0.25) is 14.5 Å². The van der Waals surface area contributed by atoms with Crippen molar-refractivity contribution in [2.45, 2.75) is 12.5 Å². The van der Waals surface area contributed by atoms with Crippen LogP contribution in [0.25, 0.3) is 0 Å². The van der Waals surface area contributed by atoms with Crippen molar-refractivity contribution in [2.75, 3.05) is 30.4 Å². The number of nitrogens with one attached hydrogen (secondary N) is 1. The van der Waals surface area contributed by atoms with E-state index in [1.807, 2.05) is 48.5 Å². The predicted molar refractivity (Wildman–Crippen MR) is 99.9 cm³/mol. The number of carbonyl (C=O) groups is 2. The molecule has 1 fully saturated rings. The summed E-state index contributed by atoms with van der Waals surface area (Å²) in [4.78, 5) is 28.4. The predicted octanol–water partition coefficient (Wildman–Crippen LogP) is 3.02. The molecule has 1 aliphatic rings. The molecular weight excluding hydrogens is 338 g/mol. The summed E-state index contributed by atoms with van der Waals surface area (Å²) in [5, 5.41) is 3.39. The molecule has 0 aromatic heterocycles. The molecule has 1 atom stereocenters. The Hall–Kier alpha value is -2.37. The number of likely N-dealkylation sites (N-methyl/N-ethyl adjacent to an activating group) is 1. The summed E-state index contributed by atoms with van der Waals surface area (Å²) in [6.45, 7) is 0.750. The van der Waals surface area contributed by atoms with E-state index in [0.29, 0.717) is 18.0 Å². The van der Waals surface area contributed by atoms with Gasteiger partial charge in [-0.1, -0.05) is 41.9 Å². The van der Waals surface area contributed by atoms with Gasteiger partial charge in [0.25, 0.3) is 0 Å². The third-order valence-electron chi connectivity index (χ3n) is 4.30. The van der Waals surface area contributed by atoms with Crippen molar-refractivity contribution in [3.05, 3.63) is 59.6 Å². The van der Waals surface area contributed by atoms with Crippen molar-refractivity contribution in [2.24, 2.45) is 0 Å². The maximum Gasteiger partial charge on any atom is 0.244 e. The van der Waals surface area contributed by atoms with E-state index >= 15 is 0 Å². The molecule has 2 aromatic rings. The van der Waals surface area contributed by atoms with Crippen LogP contribution >= 0.6 is 11.6 Å². The molecule has 25 heavy (non-hydrogen) atoms. The van der Waals surface area contributed by atoms with Gasteiger partial charge >= 0.3 is 0 Å². The van der Waals surface area contributed by atoms with Gasteiger partial charge in [0.05, 0.1) is 23.3 Å². The first-order valence-corrected chi connectivity index (χ1v) is 8.55. The quantitative estimate of drug-likeness (QED) is 0.895. The zero-order valence-corrected chi connectivity index (χ0v) is 14.7. The molecule has 0 bridgehead atoms. The van der Waals surface area contributed by atoms with Gasteiger partial charge in [0, 0.05) is 12.2 Å². The second-order valence-electron chi connectivity index (χ2n) is 6.08. The van der Waals surface area contributed by atoms with Crippen molar-refractivity contribution in [3.63, 3.8) is 0 Å². The van der Waals surface area contributed by atoms with Crippen molar-refractivity contribution in [1.29, 1.82) is 0 Å². The van der Waals surface area contributed by atoms with Crippen LogP contribution in [0.4, 0.5) is 11.4 Å². The molecule has 2 amide bonds. The standard InChI is InChI=1S/C19H20ClN3O2/c1-22(13-18(24)21-14-7-3-2-4-8-14)17-11-12-23(19(17)25)16-10-6-5-9-15(16)20/h2-10,17H,11-13H2,1H3,(H,21,24)/t17-/m1/s1. The normalized spacial score (nSPS) is 17.2. The molecule has 1 aliphatic heterocycles. The van der Waals surface area contributed by atoms with Crippen LogP contribution < -0.4 is 10.2 Å². The Morgan fingerprint density at radius 1 is 1.20 bits per heavy atom. The summed E-state index contributed by atoms with van der Waals surface area (Å²) >= 11 is 6.20. The summed E-state index contributed by atoms with van der Waals surface area (Å²) < 4.78 is 0. The van der Waals surface area contributed by atoms with Gasteiger partial charge in [-0.15, -0.1) is 0 Å². The van der Waals surface area contributed by atoms with E-state index in [-0.39, 0.29) is 24.4 Å². The molecule has 130 valence electrons. The number of rotatable bonds is 5. The Balaban J connectivity index is 1.61. The molecule has 0 radical (unpaired) electrons. The van der Waals surface area contributed by atoms with E-state index in [1.165, 1.54) is 0 Å². The van der Waals surface area contributed by atoms with Crippen molar-refractivity contribution in [1.82, 2.24) is 4.90 Å². The third kappa shape index (κ3) is 4.00. The molecule has 1 heterocycles. The zero-order valence-electron chi connectivity index (χ0n) is 14.0. The van der Waals surface area contributed by atoms with Gasteiger partial charge in [-0.25, -0.2) is 0 Å². The van der Waals surface area contributed by atoms with E-state index in [2.05, 4.69) is 5.32 Å². The second-order valence-corrected chi connectivity index (χ2v) is 6.48. The third-order valence-corrected chi connectivity index (χ3v) is 4.62. The molecular formula is C19H20ClN3O2. The fourth-order valence-corrected chi connectivity index (χ4v) is 3.28. The molecule has 1 saturated heterocycles. The van der Waals surface area contributed by atoms with E-state index in [9.17, 15) is 9.59 Å². The number of halogens is 1. The number of benzene rings is 2. The first-order valence-electron chi connectivity index (χ1n) is 8.17. The summed E-state index contributed by atoms with van der Waals surface area (Å²) in [6.07, 6.45) is 0.666. The fourth-order valence-electron chi connectivity index (χ4n) is 3.04. The lowest BCUT2D eigenvalue weighted by Crippen LogP contribution is -2.43.